The topological polar surface area (TPSA) is 45.0 Å². The zero-order valence-electron chi connectivity index (χ0n) is 10.1. The van der Waals surface area contributed by atoms with Gasteiger partial charge in [0, 0.05) is 18.7 Å². The quantitative estimate of drug-likeness (QED) is 0.795. The maximum Gasteiger partial charge on any atom is 0.0672 e. The van der Waals surface area contributed by atoms with Crippen LogP contribution < -0.4 is 5.32 Å². The van der Waals surface area contributed by atoms with Gasteiger partial charge in [0.25, 0.3) is 0 Å². The monoisotopic (exact) mass is 222 g/mol. The highest BCUT2D eigenvalue weighted by molar-refractivity contribution is 4.96. The molecule has 1 N–H and O–H groups in total. The SMILES string of the molecule is CC(NC1CCCCC1C#N)C1CCOC1. The fourth-order valence-corrected chi connectivity index (χ4v) is 2.91. The predicted octanol–water partition coefficient (Wildman–Crippen LogP) is 2.08. The van der Waals surface area contributed by atoms with Gasteiger partial charge in [0.1, 0.15) is 0 Å². The molecule has 3 heteroatoms. The van der Waals surface area contributed by atoms with E-state index >= 15 is 0 Å². The van der Waals surface area contributed by atoms with Crippen LogP contribution in [0.15, 0.2) is 0 Å². The summed E-state index contributed by atoms with van der Waals surface area (Å²) >= 11 is 0. The Morgan fingerprint density at radius 3 is 2.81 bits per heavy atom. The summed E-state index contributed by atoms with van der Waals surface area (Å²) in [5, 5.41) is 12.8. The zero-order valence-corrected chi connectivity index (χ0v) is 10.1. The Hall–Kier alpha value is -0.590. The number of nitrogens with one attached hydrogen (secondary N) is 1. The lowest BCUT2D eigenvalue weighted by Crippen LogP contribution is -2.46. The highest BCUT2D eigenvalue weighted by atomic mass is 16.5. The minimum absolute atomic E-state index is 0.221. The van der Waals surface area contributed by atoms with Gasteiger partial charge in [0.05, 0.1) is 18.6 Å². The molecule has 0 bridgehead atoms. The van der Waals surface area contributed by atoms with Crippen molar-refractivity contribution in [1.29, 1.82) is 5.26 Å². The van der Waals surface area contributed by atoms with Crippen LogP contribution in [0.3, 0.4) is 0 Å². The van der Waals surface area contributed by atoms with Crippen LogP contribution in [0.1, 0.15) is 39.0 Å². The predicted molar refractivity (Wildman–Crippen MR) is 62.9 cm³/mol. The van der Waals surface area contributed by atoms with Gasteiger partial charge in [-0.05, 0) is 32.1 Å². The lowest BCUT2D eigenvalue weighted by molar-refractivity contribution is 0.172. The Bertz CT molecular complexity index is 255. The first kappa shape index (κ1) is 11.9. The van der Waals surface area contributed by atoms with Crippen LogP contribution in [-0.2, 0) is 4.74 Å². The summed E-state index contributed by atoms with van der Waals surface area (Å²) in [4.78, 5) is 0. The van der Waals surface area contributed by atoms with E-state index in [2.05, 4.69) is 18.3 Å². The molecule has 0 aromatic rings. The van der Waals surface area contributed by atoms with Crippen molar-refractivity contribution in [1.82, 2.24) is 5.32 Å². The van der Waals surface area contributed by atoms with Crippen molar-refractivity contribution >= 4 is 0 Å². The molecule has 1 saturated carbocycles. The zero-order chi connectivity index (χ0) is 11.4. The third-order valence-corrected chi connectivity index (χ3v) is 4.08. The first-order chi connectivity index (χ1) is 7.81. The van der Waals surface area contributed by atoms with Crippen LogP contribution in [0, 0.1) is 23.2 Å². The molecule has 90 valence electrons. The number of ether oxygens (including phenoxy) is 1. The molecule has 4 atom stereocenters. The fraction of sp³-hybridized carbons (Fsp3) is 0.923. The van der Waals surface area contributed by atoms with Gasteiger partial charge in [-0.1, -0.05) is 12.8 Å². The van der Waals surface area contributed by atoms with Crippen molar-refractivity contribution in [2.45, 2.75) is 51.1 Å². The summed E-state index contributed by atoms with van der Waals surface area (Å²) in [6, 6.07) is 3.36. The third kappa shape index (κ3) is 2.75. The van der Waals surface area contributed by atoms with Crippen molar-refractivity contribution in [3.8, 4) is 6.07 Å². The standard InChI is InChI=1S/C13H22N2O/c1-10(12-6-7-16-9-12)15-13-5-3-2-4-11(13)8-14/h10-13,15H,2-7,9H2,1H3. The Kier molecular flexibility index (Phi) is 4.20. The average molecular weight is 222 g/mol. The Morgan fingerprint density at radius 1 is 1.31 bits per heavy atom. The van der Waals surface area contributed by atoms with E-state index in [0.29, 0.717) is 18.0 Å². The van der Waals surface area contributed by atoms with Crippen molar-refractivity contribution in [3.05, 3.63) is 0 Å². The smallest absolute Gasteiger partial charge is 0.0672 e. The summed E-state index contributed by atoms with van der Waals surface area (Å²) in [5.74, 6) is 0.861. The van der Waals surface area contributed by atoms with E-state index in [-0.39, 0.29) is 5.92 Å². The number of nitriles is 1. The Morgan fingerprint density at radius 2 is 2.12 bits per heavy atom. The van der Waals surface area contributed by atoms with Crippen LogP contribution in [0.4, 0.5) is 0 Å². The second kappa shape index (κ2) is 5.65. The molecule has 16 heavy (non-hydrogen) atoms. The van der Waals surface area contributed by atoms with Crippen molar-refractivity contribution in [2.24, 2.45) is 11.8 Å². The lowest BCUT2D eigenvalue weighted by Gasteiger charge is -2.32. The molecule has 1 aliphatic carbocycles. The molecule has 0 aromatic carbocycles. The van der Waals surface area contributed by atoms with E-state index in [1.54, 1.807) is 0 Å². The summed E-state index contributed by atoms with van der Waals surface area (Å²) in [6.07, 6.45) is 5.89. The second-order valence-corrected chi connectivity index (χ2v) is 5.21. The van der Waals surface area contributed by atoms with Gasteiger partial charge in [0.2, 0.25) is 0 Å². The maximum atomic E-state index is 9.12. The van der Waals surface area contributed by atoms with E-state index in [4.69, 9.17) is 10.00 Å². The van der Waals surface area contributed by atoms with E-state index in [9.17, 15) is 0 Å². The third-order valence-electron chi connectivity index (χ3n) is 4.08. The Balaban J connectivity index is 1.84. The highest BCUT2D eigenvalue weighted by Gasteiger charge is 2.29. The fourth-order valence-electron chi connectivity index (χ4n) is 2.91. The number of rotatable bonds is 3. The van der Waals surface area contributed by atoms with Crippen LogP contribution in [0.5, 0.6) is 0 Å². The summed E-state index contributed by atoms with van der Waals surface area (Å²) in [7, 11) is 0. The van der Waals surface area contributed by atoms with Gasteiger partial charge in [-0.3, -0.25) is 0 Å². The highest BCUT2D eigenvalue weighted by Crippen LogP contribution is 2.26. The molecule has 1 aliphatic heterocycles. The van der Waals surface area contributed by atoms with Crippen molar-refractivity contribution in [3.63, 3.8) is 0 Å². The average Bonchev–Trinajstić information content (AvgIpc) is 2.83. The maximum absolute atomic E-state index is 9.12. The van der Waals surface area contributed by atoms with Crippen LogP contribution in [-0.4, -0.2) is 25.3 Å². The molecule has 2 fully saturated rings. The summed E-state index contributed by atoms with van der Waals surface area (Å²) in [6.45, 7) is 4.03. The van der Waals surface area contributed by atoms with Gasteiger partial charge in [-0.25, -0.2) is 0 Å². The molecular weight excluding hydrogens is 200 g/mol. The van der Waals surface area contributed by atoms with E-state index in [0.717, 1.165) is 32.5 Å². The second-order valence-electron chi connectivity index (χ2n) is 5.21. The number of hydrogen-bond acceptors (Lipinski definition) is 3. The van der Waals surface area contributed by atoms with Crippen molar-refractivity contribution in [2.75, 3.05) is 13.2 Å². The molecule has 0 radical (unpaired) electrons. The van der Waals surface area contributed by atoms with Crippen LogP contribution in [0.25, 0.3) is 0 Å². The van der Waals surface area contributed by atoms with E-state index in [1.807, 2.05) is 0 Å². The van der Waals surface area contributed by atoms with Gasteiger partial charge in [-0.15, -0.1) is 0 Å². The molecular formula is C13H22N2O. The Labute approximate surface area is 98.2 Å². The molecule has 2 aliphatic rings. The molecule has 4 unspecified atom stereocenters. The van der Waals surface area contributed by atoms with Gasteiger partial charge >= 0.3 is 0 Å². The molecule has 3 nitrogen and oxygen atoms in total. The largest absolute Gasteiger partial charge is 0.381 e. The van der Waals surface area contributed by atoms with Crippen LogP contribution in [0.2, 0.25) is 0 Å². The minimum atomic E-state index is 0.221. The lowest BCUT2D eigenvalue weighted by atomic mass is 9.84. The molecule has 0 amide bonds. The molecule has 2 rings (SSSR count). The molecule has 1 saturated heterocycles. The first-order valence-corrected chi connectivity index (χ1v) is 6.54. The van der Waals surface area contributed by atoms with Crippen LogP contribution >= 0.6 is 0 Å². The van der Waals surface area contributed by atoms with Crippen molar-refractivity contribution < 1.29 is 4.74 Å². The van der Waals surface area contributed by atoms with E-state index in [1.165, 1.54) is 12.8 Å². The van der Waals surface area contributed by atoms with E-state index < -0.39 is 0 Å². The summed E-state index contributed by atoms with van der Waals surface area (Å²) < 4.78 is 5.42. The molecule has 0 aromatic heterocycles. The number of nitrogens with zero attached hydrogens (tertiary/aromatic N) is 1. The normalized spacial score (nSPS) is 36.9. The van der Waals surface area contributed by atoms with Gasteiger partial charge in [0.15, 0.2) is 0 Å². The van der Waals surface area contributed by atoms with Gasteiger partial charge < -0.3 is 10.1 Å². The molecule has 1 heterocycles. The molecule has 0 spiro atoms. The minimum Gasteiger partial charge on any atom is -0.381 e. The summed E-state index contributed by atoms with van der Waals surface area (Å²) in [5.41, 5.74) is 0. The number of hydrogen-bond donors (Lipinski definition) is 1. The first-order valence-electron chi connectivity index (χ1n) is 6.54. The van der Waals surface area contributed by atoms with Gasteiger partial charge in [-0.2, -0.15) is 5.26 Å².